The van der Waals surface area contributed by atoms with Crippen molar-refractivity contribution in [1.29, 1.82) is 0 Å². The second-order valence-corrected chi connectivity index (χ2v) is 21.1. The average Bonchev–Trinajstić information content (AvgIpc) is 3.38. The molecule has 54 heavy (non-hydrogen) atoms. The SMILES string of the molecule is C[C@@H]1O[C@@H](O[C@H]2[C@H](O)[C@@H](O)[C@H](O[C@H]3CC[C@]4(C)[C@H]5C=C[C@]67OC[C@@]8(CCC(C)(C)C[C@H]86)[C@@H](O)C[C@@]7(C)[C@]5(C)CC[C@H]4C3(C)C)O[C@@H]2CO)[C@H](O)[C@H](O)[C@H]1O. The summed E-state index contributed by atoms with van der Waals surface area (Å²) in [6.07, 6.45) is -1.86. The van der Waals surface area contributed by atoms with Gasteiger partial charge >= 0.3 is 0 Å². The van der Waals surface area contributed by atoms with Crippen LogP contribution < -0.4 is 0 Å². The largest absolute Gasteiger partial charge is 0.394 e. The van der Waals surface area contributed by atoms with Crippen molar-refractivity contribution in [2.75, 3.05) is 13.2 Å². The molecule has 1 spiro atoms. The summed E-state index contributed by atoms with van der Waals surface area (Å²) >= 11 is 0. The van der Waals surface area contributed by atoms with Crippen molar-refractivity contribution in [3.63, 3.8) is 0 Å². The zero-order chi connectivity index (χ0) is 39.2. The standard InChI is InChI=1S/C42H68O12/c1-21-28(45)29(46)31(48)34(51-21)54-33-22(19-43)52-35(32(49)30(33)47)53-27-11-12-38(6)23(37(27,4)5)9-13-39(7)24(38)10-14-42-25-17-36(2,3)15-16-41(25,20-50-42)26(44)18-40(39,42)8/h10,14,21-35,43-49H,9,11-13,15-20H2,1-8H3/t21-,22+,23-,24+,25+,26-,27-,28-,29+,30+,31+,32+,33+,34-,35-,38-,39+,40-,41+,42-/m0/s1. The lowest BCUT2D eigenvalue weighted by Crippen LogP contribution is -2.72. The van der Waals surface area contributed by atoms with Gasteiger partial charge in [0.25, 0.3) is 0 Å². The Morgan fingerprint density at radius 2 is 1.41 bits per heavy atom. The maximum absolute atomic E-state index is 12.1. The van der Waals surface area contributed by atoms with Crippen LogP contribution >= 0.6 is 0 Å². The fourth-order valence-corrected chi connectivity index (χ4v) is 14.3. The zero-order valence-electron chi connectivity index (χ0n) is 33.6. The Kier molecular flexibility index (Phi) is 9.55. The Hall–Kier alpha value is -0.740. The highest BCUT2D eigenvalue weighted by atomic mass is 16.7. The molecule has 5 aliphatic carbocycles. The molecule has 7 fully saturated rings. The first-order chi connectivity index (χ1) is 25.1. The minimum atomic E-state index is -1.63. The van der Waals surface area contributed by atoms with E-state index in [2.05, 4.69) is 60.6 Å². The molecule has 2 bridgehead atoms. The fourth-order valence-electron chi connectivity index (χ4n) is 14.3. The van der Waals surface area contributed by atoms with Crippen LogP contribution in [0.3, 0.4) is 0 Å². The number of hydrogen-bond donors (Lipinski definition) is 7. The van der Waals surface area contributed by atoms with Crippen LogP contribution in [0.2, 0.25) is 0 Å². The summed E-state index contributed by atoms with van der Waals surface area (Å²) in [5.74, 6) is 0.810. The van der Waals surface area contributed by atoms with Crippen LogP contribution in [0.15, 0.2) is 12.2 Å². The molecule has 0 aromatic rings. The Balaban J connectivity index is 1.02. The van der Waals surface area contributed by atoms with Crippen molar-refractivity contribution in [1.82, 2.24) is 0 Å². The number of allylic oxidation sites excluding steroid dienone is 1. The van der Waals surface area contributed by atoms with Crippen molar-refractivity contribution in [3.05, 3.63) is 12.2 Å². The molecule has 3 heterocycles. The lowest BCUT2D eigenvalue weighted by Gasteiger charge is -2.73. The maximum Gasteiger partial charge on any atom is 0.187 e. The maximum atomic E-state index is 12.1. The number of rotatable bonds is 5. The van der Waals surface area contributed by atoms with E-state index in [0.29, 0.717) is 13.0 Å². The van der Waals surface area contributed by atoms with Gasteiger partial charge in [0.15, 0.2) is 12.6 Å². The van der Waals surface area contributed by atoms with E-state index >= 15 is 0 Å². The Morgan fingerprint density at radius 1 is 0.722 bits per heavy atom. The van der Waals surface area contributed by atoms with E-state index in [1.165, 1.54) is 6.92 Å². The zero-order valence-corrected chi connectivity index (χ0v) is 33.6. The van der Waals surface area contributed by atoms with Gasteiger partial charge in [0.1, 0.15) is 42.7 Å². The third-order valence-corrected chi connectivity index (χ3v) is 17.8. The van der Waals surface area contributed by atoms with Gasteiger partial charge in [0.2, 0.25) is 0 Å². The number of aliphatic hydroxyl groups excluding tert-OH is 7. The first-order valence-corrected chi connectivity index (χ1v) is 20.8. The Labute approximate surface area is 320 Å². The second kappa shape index (κ2) is 12.9. The molecular formula is C42H68O12. The molecule has 3 aliphatic heterocycles. The highest BCUT2D eigenvalue weighted by Gasteiger charge is 2.79. The van der Waals surface area contributed by atoms with Gasteiger partial charge in [0.05, 0.1) is 37.1 Å². The fraction of sp³-hybridized carbons (Fsp3) is 0.952. The molecule has 0 radical (unpaired) electrons. The van der Waals surface area contributed by atoms with Crippen LogP contribution in [-0.2, 0) is 23.7 Å². The van der Waals surface area contributed by atoms with E-state index in [9.17, 15) is 35.7 Å². The molecule has 0 aromatic heterocycles. The molecular weight excluding hydrogens is 696 g/mol. The molecule has 12 nitrogen and oxygen atoms in total. The monoisotopic (exact) mass is 764 g/mol. The Bertz CT molecular complexity index is 1470. The summed E-state index contributed by atoms with van der Waals surface area (Å²) in [6.45, 7) is 18.2. The molecule has 12 heteroatoms. The van der Waals surface area contributed by atoms with Gasteiger partial charge in [-0.1, -0.05) is 60.6 Å². The summed E-state index contributed by atoms with van der Waals surface area (Å²) < 4.78 is 31.2. The topological polar surface area (TPSA) is 188 Å². The van der Waals surface area contributed by atoms with Crippen LogP contribution in [0, 0.1) is 50.2 Å². The predicted octanol–water partition coefficient (Wildman–Crippen LogP) is 2.80. The quantitative estimate of drug-likeness (QED) is 0.161. The van der Waals surface area contributed by atoms with Gasteiger partial charge in [-0.3, -0.25) is 0 Å². The summed E-state index contributed by atoms with van der Waals surface area (Å²) in [7, 11) is 0. The molecule has 3 saturated heterocycles. The number of ether oxygens (including phenoxy) is 5. The van der Waals surface area contributed by atoms with Crippen LogP contribution in [0.1, 0.15) is 107 Å². The lowest BCUT2D eigenvalue weighted by molar-refractivity contribution is -0.366. The van der Waals surface area contributed by atoms with Gasteiger partial charge in [-0.15, -0.1) is 0 Å². The molecule has 4 saturated carbocycles. The van der Waals surface area contributed by atoms with Gasteiger partial charge in [-0.2, -0.15) is 0 Å². The van der Waals surface area contributed by atoms with Gasteiger partial charge in [-0.05, 0) is 91.8 Å². The number of fused-ring (bicyclic) bond motifs is 4. The van der Waals surface area contributed by atoms with E-state index in [1.807, 2.05) is 0 Å². The van der Waals surface area contributed by atoms with E-state index in [-0.39, 0.29) is 62.5 Å². The smallest absolute Gasteiger partial charge is 0.187 e. The molecule has 0 aromatic carbocycles. The highest BCUT2D eigenvalue weighted by molar-refractivity contribution is 5.36. The summed E-state index contributed by atoms with van der Waals surface area (Å²) in [5.41, 5.74) is -1.12. The lowest BCUT2D eigenvalue weighted by atomic mass is 9.32. The number of aliphatic hydroxyl groups is 7. The molecule has 20 atom stereocenters. The molecule has 8 rings (SSSR count). The first-order valence-electron chi connectivity index (χ1n) is 20.8. The molecule has 0 unspecified atom stereocenters. The summed E-state index contributed by atoms with van der Waals surface area (Å²) in [4.78, 5) is 0. The summed E-state index contributed by atoms with van der Waals surface area (Å²) in [6, 6.07) is 0. The minimum Gasteiger partial charge on any atom is -0.394 e. The molecule has 7 N–H and O–H groups in total. The minimum absolute atomic E-state index is 0.0738. The molecule has 0 amide bonds. The van der Waals surface area contributed by atoms with Crippen molar-refractivity contribution < 1.29 is 59.4 Å². The van der Waals surface area contributed by atoms with Crippen molar-refractivity contribution in [3.8, 4) is 0 Å². The van der Waals surface area contributed by atoms with Crippen molar-refractivity contribution in [2.45, 2.75) is 186 Å². The highest BCUT2D eigenvalue weighted by Crippen LogP contribution is 2.79. The normalized spacial score (nSPS) is 58.8. The van der Waals surface area contributed by atoms with Crippen molar-refractivity contribution in [2.24, 2.45) is 50.2 Å². The predicted molar refractivity (Wildman–Crippen MR) is 195 cm³/mol. The van der Waals surface area contributed by atoms with Crippen molar-refractivity contribution >= 4 is 0 Å². The van der Waals surface area contributed by atoms with E-state index in [0.717, 1.165) is 44.9 Å². The molecule has 308 valence electrons. The van der Waals surface area contributed by atoms with Crippen LogP contribution in [0.25, 0.3) is 0 Å². The van der Waals surface area contributed by atoms with Gasteiger partial charge < -0.3 is 59.4 Å². The number of hydrogen-bond acceptors (Lipinski definition) is 12. The van der Waals surface area contributed by atoms with Gasteiger partial charge in [0, 0.05) is 16.7 Å². The summed E-state index contributed by atoms with van der Waals surface area (Å²) in [5, 5.41) is 76.0. The average molecular weight is 765 g/mol. The third-order valence-electron chi connectivity index (χ3n) is 17.8. The van der Waals surface area contributed by atoms with E-state index in [4.69, 9.17) is 23.7 Å². The van der Waals surface area contributed by atoms with Crippen LogP contribution in [0.4, 0.5) is 0 Å². The molecule has 8 aliphatic rings. The third kappa shape index (κ3) is 5.24. The van der Waals surface area contributed by atoms with Crippen LogP contribution in [-0.4, -0.2) is 128 Å². The van der Waals surface area contributed by atoms with Gasteiger partial charge in [-0.25, -0.2) is 0 Å². The van der Waals surface area contributed by atoms with E-state index < -0.39 is 73.6 Å². The van der Waals surface area contributed by atoms with Crippen LogP contribution in [0.5, 0.6) is 0 Å². The Morgan fingerprint density at radius 3 is 2.11 bits per heavy atom. The second-order valence-electron chi connectivity index (χ2n) is 21.1. The van der Waals surface area contributed by atoms with E-state index in [1.54, 1.807) is 0 Å². The first kappa shape index (κ1) is 40.1.